The highest BCUT2D eigenvalue weighted by atomic mass is 19.1. The zero-order valence-electron chi connectivity index (χ0n) is 14.6. The minimum Gasteiger partial charge on any atom is -0.455 e. The first kappa shape index (κ1) is 17.8. The molecule has 0 radical (unpaired) electrons. The first-order valence-corrected chi connectivity index (χ1v) is 8.18. The summed E-state index contributed by atoms with van der Waals surface area (Å²) in [5, 5.41) is 10.5. The molecule has 1 aromatic carbocycles. The van der Waals surface area contributed by atoms with Gasteiger partial charge in [-0.2, -0.15) is 0 Å². The number of furan rings is 1. The van der Waals surface area contributed by atoms with Crippen molar-refractivity contribution in [1.29, 1.82) is 0 Å². The molecule has 0 bridgehead atoms. The van der Waals surface area contributed by atoms with E-state index in [-0.39, 0.29) is 30.1 Å². The van der Waals surface area contributed by atoms with E-state index < -0.39 is 0 Å². The molecule has 0 fully saturated rings. The Morgan fingerprint density at radius 2 is 2.23 bits per heavy atom. The number of nitrogens with one attached hydrogen (secondary N) is 1. The van der Waals surface area contributed by atoms with Gasteiger partial charge in [0.15, 0.2) is 5.76 Å². The number of aryl methyl sites for hydroxylation is 2. The number of carbonyl (C=O) groups is 1. The summed E-state index contributed by atoms with van der Waals surface area (Å²) >= 11 is 0. The van der Waals surface area contributed by atoms with E-state index in [9.17, 15) is 9.18 Å². The molecule has 3 N–H and O–H groups in total. The number of nitrogens with zero attached hydrogens (tertiary/aromatic N) is 3. The van der Waals surface area contributed by atoms with Crippen molar-refractivity contribution in [1.82, 2.24) is 20.3 Å². The molecule has 3 aromatic rings. The van der Waals surface area contributed by atoms with Crippen LogP contribution in [0.25, 0.3) is 11.3 Å². The summed E-state index contributed by atoms with van der Waals surface area (Å²) < 4.78 is 20.5. The van der Waals surface area contributed by atoms with Gasteiger partial charge in [-0.15, -0.1) is 5.10 Å². The van der Waals surface area contributed by atoms with Gasteiger partial charge in [0, 0.05) is 25.2 Å². The summed E-state index contributed by atoms with van der Waals surface area (Å²) in [5.41, 5.74) is 8.02. The summed E-state index contributed by atoms with van der Waals surface area (Å²) in [6.07, 6.45) is 2.03. The molecule has 8 heteroatoms. The second kappa shape index (κ2) is 7.49. The summed E-state index contributed by atoms with van der Waals surface area (Å²) in [6, 6.07) is 7.54. The molecular formula is C18H20FN5O2. The molecule has 0 aliphatic carbocycles. The highest BCUT2D eigenvalue weighted by Crippen LogP contribution is 2.25. The van der Waals surface area contributed by atoms with Crippen LogP contribution in [0.4, 0.5) is 4.39 Å². The smallest absolute Gasteiger partial charge is 0.287 e. The molecule has 2 heterocycles. The molecule has 26 heavy (non-hydrogen) atoms. The third-order valence-corrected chi connectivity index (χ3v) is 4.12. The second-order valence-electron chi connectivity index (χ2n) is 6.06. The summed E-state index contributed by atoms with van der Waals surface area (Å²) in [5.74, 6) is 0.0772. The van der Waals surface area contributed by atoms with Gasteiger partial charge in [-0.3, -0.25) is 4.79 Å². The van der Waals surface area contributed by atoms with Gasteiger partial charge in [0.25, 0.3) is 5.91 Å². The van der Waals surface area contributed by atoms with Crippen LogP contribution in [0.1, 0.15) is 21.9 Å². The number of halogens is 1. The molecule has 3 rings (SSSR count). The maximum Gasteiger partial charge on any atom is 0.287 e. The van der Waals surface area contributed by atoms with E-state index in [0.29, 0.717) is 12.2 Å². The molecule has 2 aromatic heterocycles. The largest absolute Gasteiger partial charge is 0.455 e. The van der Waals surface area contributed by atoms with E-state index in [2.05, 4.69) is 15.6 Å². The van der Waals surface area contributed by atoms with E-state index in [1.807, 2.05) is 0 Å². The van der Waals surface area contributed by atoms with Crippen LogP contribution in [0.3, 0.4) is 0 Å². The Labute approximate surface area is 150 Å². The van der Waals surface area contributed by atoms with Crippen molar-refractivity contribution < 1.29 is 13.6 Å². The number of benzene rings is 1. The predicted octanol–water partition coefficient (Wildman–Crippen LogP) is 1.82. The topological polar surface area (TPSA) is 99.0 Å². The molecule has 1 amide bonds. The van der Waals surface area contributed by atoms with Gasteiger partial charge in [-0.1, -0.05) is 17.3 Å². The molecule has 0 aliphatic heterocycles. The number of nitrogens with two attached hydrogens (primary N) is 1. The maximum atomic E-state index is 13.3. The maximum absolute atomic E-state index is 13.3. The fourth-order valence-corrected chi connectivity index (χ4v) is 2.78. The molecule has 136 valence electrons. The normalized spacial score (nSPS) is 12.2. The third kappa shape index (κ3) is 3.80. The van der Waals surface area contributed by atoms with Crippen molar-refractivity contribution in [3.63, 3.8) is 0 Å². The van der Waals surface area contributed by atoms with Crippen LogP contribution in [0.2, 0.25) is 0 Å². The van der Waals surface area contributed by atoms with Crippen LogP contribution in [0, 0.1) is 12.7 Å². The SMILES string of the molecule is Cc1oc(C(=O)NC(CN)Cc2cccc(F)c2)cc1-c1cnnn1C. The lowest BCUT2D eigenvalue weighted by molar-refractivity contribution is 0.0908. The number of hydrogen-bond acceptors (Lipinski definition) is 5. The Kier molecular flexibility index (Phi) is 5.13. The van der Waals surface area contributed by atoms with Crippen molar-refractivity contribution in [2.75, 3.05) is 6.54 Å². The fraction of sp³-hybridized carbons (Fsp3) is 0.278. The first-order valence-electron chi connectivity index (χ1n) is 8.18. The average molecular weight is 357 g/mol. The van der Waals surface area contributed by atoms with Crippen LogP contribution >= 0.6 is 0 Å². The lowest BCUT2D eigenvalue weighted by Crippen LogP contribution is -2.41. The van der Waals surface area contributed by atoms with Gasteiger partial charge in [-0.25, -0.2) is 9.07 Å². The van der Waals surface area contributed by atoms with Gasteiger partial charge >= 0.3 is 0 Å². The Bertz CT molecular complexity index is 918. The van der Waals surface area contributed by atoms with Gasteiger partial charge < -0.3 is 15.5 Å². The standard InChI is InChI=1S/C18H20FN5O2/c1-11-15(16-10-21-23-24(16)2)8-17(26-11)18(25)22-14(9-20)7-12-4-3-5-13(19)6-12/h3-6,8,10,14H,7,9,20H2,1-2H3,(H,22,25). The molecule has 0 spiro atoms. The number of rotatable bonds is 6. The molecule has 0 saturated heterocycles. The Hall–Kier alpha value is -3.00. The Morgan fingerprint density at radius 1 is 1.42 bits per heavy atom. The molecule has 0 aliphatic rings. The number of hydrogen-bond donors (Lipinski definition) is 2. The summed E-state index contributed by atoms with van der Waals surface area (Å²) in [6.45, 7) is 1.99. The van der Waals surface area contributed by atoms with E-state index in [4.69, 9.17) is 10.2 Å². The van der Waals surface area contributed by atoms with Crippen molar-refractivity contribution in [2.45, 2.75) is 19.4 Å². The highest BCUT2D eigenvalue weighted by Gasteiger charge is 2.20. The highest BCUT2D eigenvalue weighted by molar-refractivity contribution is 5.93. The quantitative estimate of drug-likeness (QED) is 0.701. The van der Waals surface area contributed by atoms with Crippen LogP contribution in [0.15, 0.2) is 40.9 Å². The number of carbonyl (C=O) groups excluding carboxylic acids is 1. The summed E-state index contributed by atoms with van der Waals surface area (Å²) in [7, 11) is 1.76. The van der Waals surface area contributed by atoms with Gasteiger partial charge in [0.05, 0.1) is 11.9 Å². The van der Waals surface area contributed by atoms with Gasteiger partial charge in [-0.05, 0) is 37.1 Å². The molecule has 0 saturated carbocycles. The van der Waals surface area contributed by atoms with E-state index in [1.54, 1.807) is 43.0 Å². The second-order valence-corrected chi connectivity index (χ2v) is 6.06. The zero-order chi connectivity index (χ0) is 18.7. The van der Waals surface area contributed by atoms with Crippen LogP contribution in [0.5, 0.6) is 0 Å². The molecule has 1 atom stereocenters. The molecular weight excluding hydrogens is 337 g/mol. The van der Waals surface area contributed by atoms with Gasteiger partial charge in [0.2, 0.25) is 0 Å². The Balaban J connectivity index is 1.73. The van der Waals surface area contributed by atoms with Crippen LogP contribution < -0.4 is 11.1 Å². The fourth-order valence-electron chi connectivity index (χ4n) is 2.78. The lowest BCUT2D eigenvalue weighted by atomic mass is 10.1. The van der Waals surface area contributed by atoms with Gasteiger partial charge in [0.1, 0.15) is 11.6 Å². The number of aromatic nitrogens is 3. The summed E-state index contributed by atoms with van der Waals surface area (Å²) in [4.78, 5) is 12.5. The van der Waals surface area contributed by atoms with E-state index in [0.717, 1.165) is 16.8 Å². The molecule has 1 unspecified atom stereocenters. The first-order chi connectivity index (χ1) is 12.5. The van der Waals surface area contributed by atoms with E-state index in [1.165, 1.54) is 12.1 Å². The van der Waals surface area contributed by atoms with Crippen molar-refractivity contribution in [2.24, 2.45) is 12.8 Å². The van der Waals surface area contributed by atoms with Crippen molar-refractivity contribution in [3.8, 4) is 11.3 Å². The minimum atomic E-state index is -0.374. The Morgan fingerprint density at radius 3 is 2.88 bits per heavy atom. The minimum absolute atomic E-state index is 0.177. The monoisotopic (exact) mass is 357 g/mol. The van der Waals surface area contributed by atoms with Crippen molar-refractivity contribution in [3.05, 3.63) is 59.4 Å². The van der Waals surface area contributed by atoms with E-state index >= 15 is 0 Å². The molecule has 7 nitrogen and oxygen atoms in total. The third-order valence-electron chi connectivity index (χ3n) is 4.12. The lowest BCUT2D eigenvalue weighted by Gasteiger charge is -2.16. The predicted molar refractivity (Wildman–Crippen MR) is 93.9 cm³/mol. The van der Waals surface area contributed by atoms with Crippen molar-refractivity contribution >= 4 is 5.91 Å². The number of amides is 1. The average Bonchev–Trinajstić information content (AvgIpc) is 3.19. The zero-order valence-corrected chi connectivity index (χ0v) is 14.6. The van der Waals surface area contributed by atoms with Crippen LogP contribution in [-0.2, 0) is 13.5 Å². The van der Waals surface area contributed by atoms with Crippen LogP contribution in [-0.4, -0.2) is 33.5 Å².